The Balaban J connectivity index is 3.14. The van der Waals surface area contributed by atoms with Crippen LogP contribution in [-0.4, -0.2) is 25.6 Å². The van der Waals surface area contributed by atoms with Gasteiger partial charge in [0.1, 0.15) is 0 Å². The van der Waals surface area contributed by atoms with Gasteiger partial charge in [-0.25, -0.2) is 0 Å². The summed E-state index contributed by atoms with van der Waals surface area (Å²) in [5, 5.41) is 2.65. The van der Waals surface area contributed by atoms with Crippen molar-refractivity contribution in [2.75, 3.05) is 19.7 Å². The molecular weight excluding hydrogens is 156 g/mol. The fourth-order valence-corrected chi connectivity index (χ4v) is 0.602. The van der Waals surface area contributed by atoms with Crippen LogP contribution in [0.2, 0.25) is 0 Å². The van der Waals surface area contributed by atoms with E-state index in [1.807, 2.05) is 20.8 Å². The lowest BCUT2D eigenvalue weighted by atomic mass is 10.2. The van der Waals surface area contributed by atoms with Gasteiger partial charge in [0.15, 0.2) is 0 Å². The van der Waals surface area contributed by atoms with Crippen LogP contribution in [-0.2, 0) is 9.63 Å². The zero-order chi connectivity index (χ0) is 9.40. The van der Waals surface area contributed by atoms with E-state index < -0.39 is 0 Å². The number of carbonyl (C=O) groups excluding carboxylic acids is 1. The third-order valence-electron chi connectivity index (χ3n) is 1.13. The Bertz CT molecular complexity index is 126. The minimum absolute atomic E-state index is 0.0405. The molecule has 0 aliphatic heterocycles. The first kappa shape index (κ1) is 11.4. The molecule has 0 bridgehead atoms. The van der Waals surface area contributed by atoms with E-state index in [-0.39, 0.29) is 12.5 Å². The van der Waals surface area contributed by atoms with Crippen molar-refractivity contribution in [2.45, 2.75) is 20.8 Å². The molecule has 0 saturated heterocycles. The molecule has 0 aliphatic rings. The number of nitrogens with one attached hydrogen (secondary N) is 2. The Labute approximate surface area is 73.6 Å². The van der Waals surface area contributed by atoms with E-state index in [9.17, 15) is 4.79 Å². The smallest absolute Gasteiger partial charge is 0.236 e. The molecule has 0 unspecified atom stereocenters. The van der Waals surface area contributed by atoms with Crippen molar-refractivity contribution < 1.29 is 9.63 Å². The standard InChI is InChI=1S/C8H18N2O2/c1-4-9-8(11)5-10-12-6-7(2)3/h7,10H,4-6H2,1-3H3,(H,9,11). The van der Waals surface area contributed by atoms with Crippen LogP contribution in [0.1, 0.15) is 20.8 Å². The van der Waals surface area contributed by atoms with E-state index in [1.54, 1.807) is 0 Å². The minimum atomic E-state index is -0.0405. The van der Waals surface area contributed by atoms with Crippen LogP contribution < -0.4 is 10.8 Å². The highest BCUT2D eigenvalue weighted by Gasteiger charge is 1.98. The third kappa shape index (κ3) is 7.50. The quantitative estimate of drug-likeness (QED) is 0.450. The Morgan fingerprint density at radius 2 is 2.17 bits per heavy atom. The summed E-state index contributed by atoms with van der Waals surface area (Å²) in [7, 11) is 0. The maximum absolute atomic E-state index is 10.8. The van der Waals surface area contributed by atoms with Gasteiger partial charge in [0.2, 0.25) is 5.91 Å². The van der Waals surface area contributed by atoms with Crippen LogP contribution >= 0.6 is 0 Å². The van der Waals surface area contributed by atoms with Crippen molar-refractivity contribution in [2.24, 2.45) is 5.92 Å². The summed E-state index contributed by atoms with van der Waals surface area (Å²) in [4.78, 5) is 15.8. The normalized spacial score (nSPS) is 10.3. The topological polar surface area (TPSA) is 50.4 Å². The zero-order valence-corrected chi connectivity index (χ0v) is 8.02. The number of carbonyl (C=O) groups is 1. The molecule has 0 aliphatic carbocycles. The molecule has 0 rings (SSSR count). The minimum Gasteiger partial charge on any atom is -0.355 e. The van der Waals surface area contributed by atoms with Crippen LogP contribution in [0.5, 0.6) is 0 Å². The first-order valence-electron chi connectivity index (χ1n) is 4.28. The zero-order valence-electron chi connectivity index (χ0n) is 8.02. The van der Waals surface area contributed by atoms with Crippen LogP contribution in [0, 0.1) is 5.92 Å². The number of hydrogen-bond acceptors (Lipinski definition) is 3. The van der Waals surface area contributed by atoms with E-state index in [0.29, 0.717) is 19.1 Å². The first-order chi connectivity index (χ1) is 5.66. The number of rotatable bonds is 6. The highest BCUT2D eigenvalue weighted by atomic mass is 16.6. The molecule has 0 aromatic rings. The molecular formula is C8H18N2O2. The van der Waals surface area contributed by atoms with Crippen LogP contribution in [0.4, 0.5) is 0 Å². The molecule has 2 N–H and O–H groups in total. The summed E-state index contributed by atoms with van der Waals surface area (Å²) >= 11 is 0. The van der Waals surface area contributed by atoms with Gasteiger partial charge < -0.3 is 10.2 Å². The van der Waals surface area contributed by atoms with E-state index in [1.165, 1.54) is 0 Å². The van der Waals surface area contributed by atoms with Gasteiger partial charge in [-0.05, 0) is 12.8 Å². The fraction of sp³-hybridized carbons (Fsp3) is 0.875. The Kier molecular flexibility index (Phi) is 6.70. The number of amides is 1. The summed E-state index contributed by atoms with van der Waals surface area (Å²) in [5.41, 5.74) is 2.59. The monoisotopic (exact) mass is 174 g/mol. The predicted octanol–water partition coefficient (Wildman–Crippen LogP) is 0.300. The van der Waals surface area contributed by atoms with Gasteiger partial charge in [-0.2, -0.15) is 5.48 Å². The van der Waals surface area contributed by atoms with Gasteiger partial charge in [-0.3, -0.25) is 4.79 Å². The molecule has 0 atom stereocenters. The van der Waals surface area contributed by atoms with Crippen molar-refractivity contribution >= 4 is 5.91 Å². The lowest BCUT2D eigenvalue weighted by molar-refractivity contribution is -0.122. The summed E-state index contributed by atoms with van der Waals surface area (Å²) in [6.45, 7) is 7.49. The molecule has 1 amide bonds. The molecule has 4 nitrogen and oxygen atoms in total. The van der Waals surface area contributed by atoms with Crippen LogP contribution in [0.3, 0.4) is 0 Å². The van der Waals surface area contributed by atoms with Gasteiger partial charge in [-0.15, -0.1) is 0 Å². The SMILES string of the molecule is CCNC(=O)CNOCC(C)C. The maximum Gasteiger partial charge on any atom is 0.236 e. The van der Waals surface area contributed by atoms with Gasteiger partial charge in [-0.1, -0.05) is 13.8 Å². The van der Waals surface area contributed by atoms with Gasteiger partial charge in [0, 0.05) is 6.54 Å². The molecule has 0 spiro atoms. The number of hydrogen-bond donors (Lipinski definition) is 2. The first-order valence-corrected chi connectivity index (χ1v) is 4.28. The average molecular weight is 174 g/mol. The van der Waals surface area contributed by atoms with Crippen molar-refractivity contribution in [1.82, 2.24) is 10.8 Å². The lowest BCUT2D eigenvalue weighted by Gasteiger charge is -2.07. The molecule has 0 radical (unpaired) electrons. The van der Waals surface area contributed by atoms with Crippen molar-refractivity contribution in [3.63, 3.8) is 0 Å². The summed E-state index contributed by atoms with van der Waals surface area (Å²) in [6, 6.07) is 0. The highest BCUT2D eigenvalue weighted by molar-refractivity contribution is 5.77. The third-order valence-corrected chi connectivity index (χ3v) is 1.13. The van der Waals surface area contributed by atoms with E-state index in [4.69, 9.17) is 4.84 Å². The largest absolute Gasteiger partial charge is 0.355 e. The summed E-state index contributed by atoms with van der Waals surface area (Å²) in [6.07, 6.45) is 0. The Hall–Kier alpha value is -0.610. The van der Waals surface area contributed by atoms with Crippen LogP contribution in [0.25, 0.3) is 0 Å². The predicted molar refractivity (Wildman–Crippen MR) is 47.5 cm³/mol. The molecule has 0 saturated carbocycles. The van der Waals surface area contributed by atoms with E-state index in [2.05, 4.69) is 10.8 Å². The van der Waals surface area contributed by atoms with Gasteiger partial charge in [0.25, 0.3) is 0 Å². The second-order valence-corrected chi connectivity index (χ2v) is 2.98. The van der Waals surface area contributed by atoms with Crippen molar-refractivity contribution in [1.29, 1.82) is 0 Å². The maximum atomic E-state index is 10.8. The van der Waals surface area contributed by atoms with Crippen LogP contribution in [0.15, 0.2) is 0 Å². The number of likely N-dealkylation sites (N-methyl/N-ethyl adjacent to an activating group) is 1. The van der Waals surface area contributed by atoms with Crippen molar-refractivity contribution in [3.05, 3.63) is 0 Å². The average Bonchev–Trinajstić information content (AvgIpc) is 1.98. The summed E-state index contributed by atoms with van der Waals surface area (Å²) in [5.74, 6) is 0.438. The molecule has 4 heteroatoms. The summed E-state index contributed by atoms with van der Waals surface area (Å²) < 4.78 is 0. The molecule has 0 aromatic carbocycles. The highest BCUT2D eigenvalue weighted by Crippen LogP contribution is 1.88. The number of hydroxylamine groups is 1. The fourth-order valence-electron chi connectivity index (χ4n) is 0.602. The lowest BCUT2D eigenvalue weighted by Crippen LogP contribution is -2.34. The molecule has 72 valence electrons. The van der Waals surface area contributed by atoms with Gasteiger partial charge in [0.05, 0.1) is 13.2 Å². The molecule has 0 fully saturated rings. The van der Waals surface area contributed by atoms with E-state index in [0.717, 1.165) is 0 Å². The second kappa shape index (κ2) is 7.06. The molecule has 0 heterocycles. The molecule has 12 heavy (non-hydrogen) atoms. The second-order valence-electron chi connectivity index (χ2n) is 2.98. The van der Waals surface area contributed by atoms with Gasteiger partial charge >= 0.3 is 0 Å². The Morgan fingerprint density at radius 3 is 2.67 bits per heavy atom. The molecule has 0 aromatic heterocycles. The van der Waals surface area contributed by atoms with E-state index >= 15 is 0 Å². The van der Waals surface area contributed by atoms with Crippen molar-refractivity contribution in [3.8, 4) is 0 Å². The Morgan fingerprint density at radius 1 is 1.50 bits per heavy atom.